The van der Waals surface area contributed by atoms with Crippen molar-refractivity contribution in [2.45, 2.75) is 25.2 Å². The first kappa shape index (κ1) is 15.6. The van der Waals surface area contributed by atoms with Gasteiger partial charge in [0.25, 0.3) is 0 Å². The van der Waals surface area contributed by atoms with Gasteiger partial charge in [0.15, 0.2) is 0 Å². The Morgan fingerprint density at radius 3 is 2.67 bits per heavy atom. The van der Waals surface area contributed by atoms with Gasteiger partial charge in [-0.15, -0.1) is 17.9 Å². The summed E-state index contributed by atoms with van der Waals surface area (Å²) in [4.78, 5) is 1.30. The molecule has 1 aromatic heterocycles. The van der Waals surface area contributed by atoms with E-state index in [0.29, 0.717) is 0 Å². The van der Waals surface area contributed by atoms with E-state index in [4.69, 9.17) is 0 Å². The summed E-state index contributed by atoms with van der Waals surface area (Å²) in [5.41, 5.74) is 2.62. The molecule has 110 valence electrons. The third kappa shape index (κ3) is 3.85. The lowest BCUT2D eigenvalue weighted by Crippen LogP contribution is -2.21. The van der Waals surface area contributed by atoms with Crippen LogP contribution in [0, 0.1) is 0 Å². The van der Waals surface area contributed by atoms with Gasteiger partial charge in [0.1, 0.15) is 0 Å². The van der Waals surface area contributed by atoms with E-state index in [1.54, 1.807) is 11.3 Å². The van der Waals surface area contributed by atoms with Crippen LogP contribution in [0.15, 0.2) is 60.5 Å². The highest BCUT2D eigenvalue weighted by molar-refractivity contribution is 7.10. The number of benzene rings is 1. The smallest absolute Gasteiger partial charge is 0.0375 e. The maximum atomic E-state index is 3.94. The monoisotopic (exact) mass is 297 g/mol. The molecule has 2 heteroatoms. The molecule has 0 amide bonds. The number of anilines is 1. The number of thiophene rings is 1. The fraction of sp³-hybridized carbons (Fsp3) is 0.263. The maximum absolute atomic E-state index is 3.94. The number of hydrogen-bond acceptors (Lipinski definition) is 2. The lowest BCUT2D eigenvalue weighted by Gasteiger charge is -2.30. The Labute approximate surface area is 132 Å². The van der Waals surface area contributed by atoms with Gasteiger partial charge in [0.05, 0.1) is 0 Å². The molecule has 0 aliphatic rings. The van der Waals surface area contributed by atoms with E-state index in [0.717, 1.165) is 12.8 Å². The molecule has 0 aliphatic carbocycles. The van der Waals surface area contributed by atoms with Gasteiger partial charge in [-0.1, -0.05) is 43.3 Å². The molecule has 0 bridgehead atoms. The second kappa shape index (κ2) is 7.28. The second-order valence-corrected chi connectivity index (χ2v) is 6.45. The Balaban J connectivity index is 2.25. The number of para-hydroxylation sites is 1. The van der Waals surface area contributed by atoms with Crippen LogP contribution in [-0.2, 0) is 5.41 Å². The van der Waals surface area contributed by atoms with Gasteiger partial charge in [-0.25, -0.2) is 0 Å². The zero-order chi connectivity index (χ0) is 15.1. The van der Waals surface area contributed by atoms with Crippen LogP contribution in [0.5, 0.6) is 0 Å². The van der Waals surface area contributed by atoms with E-state index in [1.807, 2.05) is 13.1 Å². The lowest BCUT2D eigenvalue weighted by atomic mass is 9.76. The van der Waals surface area contributed by atoms with Crippen molar-refractivity contribution in [3.8, 4) is 0 Å². The molecule has 0 fully saturated rings. The van der Waals surface area contributed by atoms with Crippen molar-refractivity contribution >= 4 is 23.1 Å². The van der Waals surface area contributed by atoms with Crippen LogP contribution in [0.4, 0.5) is 5.69 Å². The number of rotatable bonds is 7. The van der Waals surface area contributed by atoms with Crippen molar-refractivity contribution in [2.75, 3.05) is 12.4 Å². The molecule has 1 nitrogen and oxygen atoms in total. The Morgan fingerprint density at radius 1 is 1.19 bits per heavy atom. The van der Waals surface area contributed by atoms with Crippen molar-refractivity contribution in [2.24, 2.45) is 0 Å². The molecule has 1 N–H and O–H groups in total. The molecule has 0 spiro atoms. The quantitative estimate of drug-likeness (QED) is 0.644. The van der Waals surface area contributed by atoms with Gasteiger partial charge in [-0.05, 0) is 42.0 Å². The van der Waals surface area contributed by atoms with Gasteiger partial charge >= 0.3 is 0 Å². The van der Waals surface area contributed by atoms with E-state index in [-0.39, 0.29) is 5.41 Å². The van der Waals surface area contributed by atoms with Crippen LogP contribution in [0.1, 0.15) is 30.2 Å². The summed E-state index contributed by atoms with van der Waals surface area (Å²) in [7, 11) is 1.98. The Kier molecular flexibility index (Phi) is 5.40. The molecule has 1 aromatic carbocycles. The summed E-state index contributed by atoms with van der Waals surface area (Å²) < 4.78 is 0. The van der Waals surface area contributed by atoms with Gasteiger partial charge in [-0.3, -0.25) is 0 Å². The first-order valence-corrected chi connectivity index (χ1v) is 8.16. The van der Waals surface area contributed by atoms with E-state index in [2.05, 4.69) is 72.7 Å². The standard InChI is InChI=1S/C19H23NS/c1-4-13-19(2,14-7-9-16-10-8-15-21-16)17-11-5-6-12-18(17)20-3/h4-12,15,20H,1,13-14H2,2-3H3/b9-7+. The summed E-state index contributed by atoms with van der Waals surface area (Å²) >= 11 is 1.77. The molecule has 21 heavy (non-hydrogen) atoms. The predicted octanol–water partition coefficient (Wildman–Crippen LogP) is 5.73. The maximum Gasteiger partial charge on any atom is 0.0375 e. The third-order valence-electron chi connectivity index (χ3n) is 3.84. The van der Waals surface area contributed by atoms with E-state index < -0.39 is 0 Å². The highest BCUT2D eigenvalue weighted by atomic mass is 32.1. The van der Waals surface area contributed by atoms with Crippen molar-refractivity contribution in [3.63, 3.8) is 0 Å². The first-order chi connectivity index (χ1) is 10.2. The molecule has 0 radical (unpaired) electrons. The van der Waals surface area contributed by atoms with Crippen LogP contribution in [0.25, 0.3) is 6.08 Å². The van der Waals surface area contributed by atoms with Crippen LogP contribution in [0.3, 0.4) is 0 Å². The second-order valence-electron chi connectivity index (χ2n) is 5.47. The summed E-state index contributed by atoms with van der Waals surface area (Å²) in [6.07, 6.45) is 8.47. The fourth-order valence-corrected chi connectivity index (χ4v) is 3.32. The minimum absolute atomic E-state index is 0.0646. The van der Waals surface area contributed by atoms with Crippen LogP contribution < -0.4 is 5.32 Å². The van der Waals surface area contributed by atoms with Gasteiger partial charge in [0.2, 0.25) is 0 Å². The highest BCUT2D eigenvalue weighted by Gasteiger charge is 2.26. The van der Waals surface area contributed by atoms with Crippen molar-refractivity contribution in [1.82, 2.24) is 0 Å². The van der Waals surface area contributed by atoms with Crippen molar-refractivity contribution in [3.05, 3.63) is 70.9 Å². The molecule has 0 aliphatic heterocycles. The lowest BCUT2D eigenvalue weighted by molar-refractivity contribution is 0.487. The van der Waals surface area contributed by atoms with Crippen LogP contribution >= 0.6 is 11.3 Å². The third-order valence-corrected chi connectivity index (χ3v) is 4.67. The summed E-state index contributed by atoms with van der Waals surface area (Å²) in [5.74, 6) is 0. The topological polar surface area (TPSA) is 12.0 Å². The molecule has 1 atom stereocenters. The average molecular weight is 297 g/mol. The number of allylic oxidation sites excluding steroid dienone is 2. The Hall–Kier alpha value is -1.80. The predicted molar refractivity (Wildman–Crippen MR) is 96.1 cm³/mol. The minimum atomic E-state index is 0.0646. The summed E-state index contributed by atoms with van der Waals surface area (Å²) in [5, 5.41) is 5.42. The normalized spacial score (nSPS) is 14.0. The Bertz CT molecular complexity index is 598. The summed E-state index contributed by atoms with van der Waals surface area (Å²) in [6.45, 7) is 6.25. The zero-order valence-corrected chi connectivity index (χ0v) is 13.6. The van der Waals surface area contributed by atoms with Crippen LogP contribution in [-0.4, -0.2) is 7.05 Å². The van der Waals surface area contributed by atoms with Gasteiger partial charge in [-0.2, -0.15) is 0 Å². The van der Waals surface area contributed by atoms with Crippen molar-refractivity contribution in [1.29, 1.82) is 0 Å². The van der Waals surface area contributed by atoms with Crippen molar-refractivity contribution < 1.29 is 0 Å². The largest absolute Gasteiger partial charge is 0.388 e. The fourth-order valence-electron chi connectivity index (χ4n) is 2.67. The SMILES string of the molecule is C=CCC(C)(C/C=C/c1cccs1)c1ccccc1NC. The Morgan fingerprint density at radius 2 is 2.00 bits per heavy atom. The summed E-state index contributed by atoms with van der Waals surface area (Å²) in [6, 6.07) is 12.8. The molecule has 1 heterocycles. The average Bonchev–Trinajstić information content (AvgIpc) is 3.01. The van der Waals surface area contributed by atoms with Gasteiger partial charge in [0, 0.05) is 23.0 Å². The van der Waals surface area contributed by atoms with Gasteiger partial charge < -0.3 is 5.32 Å². The molecular weight excluding hydrogens is 274 g/mol. The number of hydrogen-bond donors (Lipinski definition) is 1. The molecule has 1 unspecified atom stereocenters. The minimum Gasteiger partial charge on any atom is -0.388 e. The highest BCUT2D eigenvalue weighted by Crippen LogP contribution is 2.37. The van der Waals surface area contributed by atoms with E-state index >= 15 is 0 Å². The zero-order valence-electron chi connectivity index (χ0n) is 12.8. The molecule has 2 rings (SSSR count). The molecule has 0 saturated carbocycles. The molecule has 0 saturated heterocycles. The first-order valence-electron chi connectivity index (χ1n) is 7.28. The van der Waals surface area contributed by atoms with E-state index in [9.17, 15) is 0 Å². The molecule has 2 aromatic rings. The number of nitrogens with one attached hydrogen (secondary N) is 1. The van der Waals surface area contributed by atoms with Crippen LogP contribution in [0.2, 0.25) is 0 Å². The van der Waals surface area contributed by atoms with E-state index in [1.165, 1.54) is 16.1 Å². The molecular formula is C19H23NS.